The minimum Gasteiger partial charge on any atom is -0.481 e. The first-order valence-corrected chi connectivity index (χ1v) is 9.96. The molecule has 0 aliphatic rings. The third-order valence-electron chi connectivity index (χ3n) is 4.72. The van der Waals surface area contributed by atoms with Crippen LogP contribution in [0.3, 0.4) is 0 Å². The van der Waals surface area contributed by atoms with E-state index in [0.29, 0.717) is 6.42 Å². The van der Waals surface area contributed by atoms with Crippen LogP contribution < -0.4 is 5.32 Å². The summed E-state index contributed by atoms with van der Waals surface area (Å²) >= 11 is 1.81. The van der Waals surface area contributed by atoms with Crippen LogP contribution in [0.5, 0.6) is 0 Å². The second-order valence-electron chi connectivity index (χ2n) is 6.64. The number of rotatable bonds is 7. The number of benzene rings is 3. The third kappa shape index (κ3) is 3.87. The van der Waals surface area contributed by atoms with Gasteiger partial charge in [-0.3, -0.25) is 4.79 Å². The lowest BCUT2D eigenvalue weighted by Crippen LogP contribution is -2.14. The van der Waals surface area contributed by atoms with Gasteiger partial charge in [0.05, 0.1) is 0 Å². The molecule has 1 aromatic heterocycles. The molecule has 0 spiro atoms. The lowest BCUT2D eigenvalue weighted by Gasteiger charge is -2.08. The zero-order valence-corrected chi connectivity index (χ0v) is 15.8. The molecule has 0 saturated carbocycles. The van der Waals surface area contributed by atoms with E-state index in [1.54, 1.807) is 0 Å². The van der Waals surface area contributed by atoms with Gasteiger partial charge in [-0.05, 0) is 40.8 Å². The summed E-state index contributed by atoms with van der Waals surface area (Å²) in [5.74, 6) is -0.738. The summed E-state index contributed by atoms with van der Waals surface area (Å²) in [6, 6.07) is 23.7. The van der Waals surface area contributed by atoms with Gasteiger partial charge >= 0.3 is 5.97 Å². The van der Waals surface area contributed by atoms with E-state index >= 15 is 0 Å². The van der Waals surface area contributed by atoms with E-state index in [2.05, 4.69) is 72.0 Å². The highest BCUT2D eigenvalue weighted by Gasteiger charge is 2.10. The highest BCUT2D eigenvalue weighted by molar-refractivity contribution is 7.19. The van der Waals surface area contributed by atoms with E-state index in [0.717, 1.165) is 13.1 Å². The predicted octanol–water partition coefficient (Wildman–Crippen LogP) is 5.68. The number of nitrogens with one attached hydrogen (secondary N) is 1. The Labute approximate surface area is 162 Å². The maximum atomic E-state index is 10.6. The average molecular weight is 375 g/mol. The summed E-state index contributed by atoms with van der Waals surface area (Å²) in [5.41, 5.74) is 2.54. The molecule has 27 heavy (non-hydrogen) atoms. The largest absolute Gasteiger partial charge is 0.481 e. The average Bonchev–Trinajstić information content (AvgIpc) is 3.10. The Bertz CT molecular complexity index is 1090. The molecule has 0 bridgehead atoms. The van der Waals surface area contributed by atoms with Crippen LogP contribution in [0, 0.1) is 0 Å². The van der Waals surface area contributed by atoms with Crippen LogP contribution in [0.2, 0.25) is 0 Å². The molecule has 136 valence electrons. The highest BCUT2D eigenvalue weighted by Crippen LogP contribution is 2.37. The molecule has 0 aliphatic heterocycles. The minimum atomic E-state index is -0.738. The van der Waals surface area contributed by atoms with Crippen molar-refractivity contribution in [2.45, 2.75) is 19.4 Å². The molecule has 1 heterocycles. The van der Waals surface area contributed by atoms with E-state index in [1.165, 1.54) is 36.9 Å². The molecule has 0 fully saturated rings. The lowest BCUT2D eigenvalue weighted by atomic mass is 9.97. The van der Waals surface area contributed by atoms with Gasteiger partial charge in [0, 0.05) is 28.1 Å². The second-order valence-corrected chi connectivity index (χ2v) is 7.77. The van der Waals surface area contributed by atoms with Gasteiger partial charge in [0.2, 0.25) is 0 Å². The maximum Gasteiger partial charge on any atom is 0.303 e. The molecule has 3 aromatic carbocycles. The minimum absolute atomic E-state index is 0.213. The number of thiophene rings is 1. The Morgan fingerprint density at radius 1 is 0.926 bits per heavy atom. The van der Waals surface area contributed by atoms with Gasteiger partial charge in [-0.15, -0.1) is 11.3 Å². The van der Waals surface area contributed by atoms with Crippen LogP contribution in [0.15, 0.2) is 66.7 Å². The molecule has 0 atom stereocenters. The van der Waals surface area contributed by atoms with Gasteiger partial charge in [0.25, 0.3) is 0 Å². The third-order valence-corrected chi connectivity index (χ3v) is 5.90. The van der Waals surface area contributed by atoms with Crippen molar-refractivity contribution in [3.63, 3.8) is 0 Å². The number of fused-ring (bicyclic) bond motifs is 2. The number of carboxylic acids is 1. The topological polar surface area (TPSA) is 49.3 Å². The van der Waals surface area contributed by atoms with Crippen LogP contribution in [0.1, 0.15) is 17.7 Å². The van der Waals surface area contributed by atoms with E-state index in [1.807, 2.05) is 11.3 Å². The first kappa shape index (κ1) is 17.7. The summed E-state index contributed by atoms with van der Waals surface area (Å²) in [6.45, 7) is 1.49. The van der Waals surface area contributed by atoms with Crippen molar-refractivity contribution in [2.24, 2.45) is 0 Å². The van der Waals surface area contributed by atoms with Crippen molar-refractivity contribution in [1.29, 1.82) is 0 Å². The molecule has 0 unspecified atom stereocenters. The van der Waals surface area contributed by atoms with Crippen molar-refractivity contribution in [1.82, 2.24) is 5.32 Å². The van der Waals surface area contributed by atoms with Crippen LogP contribution in [0.4, 0.5) is 0 Å². The van der Waals surface area contributed by atoms with Crippen molar-refractivity contribution in [2.75, 3.05) is 6.54 Å². The second kappa shape index (κ2) is 7.91. The van der Waals surface area contributed by atoms with Crippen LogP contribution in [-0.2, 0) is 11.3 Å². The first-order chi connectivity index (χ1) is 13.2. The van der Waals surface area contributed by atoms with Gasteiger partial charge < -0.3 is 10.4 Å². The van der Waals surface area contributed by atoms with Crippen molar-refractivity contribution in [3.05, 3.63) is 71.6 Å². The zero-order chi connectivity index (χ0) is 18.6. The highest BCUT2D eigenvalue weighted by atomic mass is 32.1. The van der Waals surface area contributed by atoms with Crippen molar-refractivity contribution >= 4 is 38.2 Å². The first-order valence-electron chi connectivity index (χ1n) is 9.14. The fraction of sp³-hybridized carbons (Fsp3) is 0.174. The molecule has 3 nitrogen and oxygen atoms in total. The molecule has 0 aliphatic carbocycles. The molecule has 0 saturated heterocycles. The fourth-order valence-corrected chi connectivity index (χ4v) is 4.61. The summed E-state index contributed by atoms with van der Waals surface area (Å²) in [7, 11) is 0. The molecule has 0 radical (unpaired) electrons. The number of hydrogen-bond acceptors (Lipinski definition) is 3. The number of aliphatic carboxylic acids is 1. The molecule has 4 heteroatoms. The van der Waals surface area contributed by atoms with Crippen LogP contribution in [-0.4, -0.2) is 17.6 Å². The van der Waals surface area contributed by atoms with Crippen LogP contribution >= 0.6 is 11.3 Å². The Morgan fingerprint density at radius 3 is 2.52 bits per heavy atom. The van der Waals surface area contributed by atoms with E-state index in [9.17, 15) is 4.79 Å². The van der Waals surface area contributed by atoms with Crippen molar-refractivity contribution < 1.29 is 9.90 Å². The molecule has 2 N–H and O–H groups in total. The standard InChI is InChI=1S/C23H21NO2S/c25-22(26)12-5-13-24-15-18-14-17-8-4-11-21(23(17)27-18)20-10-3-7-16-6-1-2-9-19(16)20/h1-4,6-11,14,24H,5,12-13,15H2,(H,25,26). The Kier molecular flexibility index (Phi) is 5.19. The lowest BCUT2D eigenvalue weighted by molar-refractivity contribution is -0.137. The number of carbonyl (C=O) groups is 1. The Morgan fingerprint density at radius 2 is 1.67 bits per heavy atom. The normalized spacial score (nSPS) is 11.3. The predicted molar refractivity (Wildman–Crippen MR) is 113 cm³/mol. The Balaban J connectivity index is 1.62. The summed E-state index contributed by atoms with van der Waals surface area (Å²) in [6.07, 6.45) is 0.867. The van der Waals surface area contributed by atoms with Gasteiger partial charge in [-0.1, -0.05) is 60.7 Å². The quantitative estimate of drug-likeness (QED) is 0.409. The van der Waals surface area contributed by atoms with Crippen LogP contribution in [0.25, 0.3) is 32.0 Å². The van der Waals surface area contributed by atoms with E-state index in [-0.39, 0.29) is 6.42 Å². The monoisotopic (exact) mass is 375 g/mol. The summed E-state index contributed by atoms with van der Waals surface area (Å²) in [5, 5.41) is 15.9. The Hall–Kier alpha value is -2.69. The summed E-state index contributed by atoms with van der Waals surface area (Å²) < 4.78 is 1.30. The van der Waals surface area contributed by atoms with Gasteiger partial charge in [0.1, 0.15) is 0 Å². The smallest absolute Gasteiger partial charge is 0.303 e. The SMILES string of the molecule is O=C(O)CCCNCc1cc2cccc(-c3cccc4ccccc34)c2s1. The number of carboxylic acid groups (broad SMARTS) is 1. The van der Waals surface area contributed by atoms with Crippen molar-refractivity contribution in [3.8, 4) is 11.1 Å². The summed E-state index contributed by atoms with van der Waals surface area (Å²) in [4.78, 5) is 11.9. The maximum absolute atomic E-state index is 10.6. The van der Waals surface area contributed by atoms with E-state index in [4.69, 9.17) is 5.11 Å². The molecule has 4 aromatic rings. The fourth-order valence-electron chi connectivity index (χ4n) is 3.45. The number of hydrogen-bond donors (Lipinski definition) is 2. The van der Waals surface area contributed by atoms with Gasteiger partial charge in [-0.2, -0.15) is 0 Å². The zero-order valence-electron chi connectivity index (χ0n) is 14.9. The molecule has 4 rings (SSSR count). The van der Waals surface area contributed by atoms with E-state index < -0.39 is 5.97 Å². The van der Waals surface area contributed by atoms with Gasteiger partial charge in [0.15, 0.2) is 0 Å². The molecular weight excluding hydrogens is 354 g/mol. The van der Waals surface area contributed by atoms with Gasteiger partial charge in [-0.25, -0.2) is 0 Å². The molecular formula is C23H21NO2S. The molecule has 0 amide bonds.